The summed E-state index contributed by atoms with van der Waals surface area (Å²) >= 11 is 0. The minimum atomic E-state index is -0.172. The second-order valence-corrected chi connectivity index (χ2v) is 11.7. The molecule has 5 N–H and O–H groups in total. The summed E-state index contributed by atoms with van der Waals surface area (Å²) < 4.78 is 5.89. The molecule has 4 aromatic rings. The number of benzene rings is 4. The van der Waals surface area contributed by atoms with E-state index in [2.05, 4.69) is 23.2 Å². The summed E-state index contributed by atoms with van der Waals surface area (Å²) in [5.74, 6) is 0.615. The SMILES string of the molecule is CCOc1ccccc1-c1ccc(N2CCN(C(=O)c3ccc(C)cc3-c3ccc(CN)cc3)C[C@H]2CC)c(C(=O)NCCN)c1. The number of carbonyl (C=O) groups excluding carboxylic acids is 2. The largest absolute Gasteiger partial charge is 0.493 e. The fraction of sp³-hybridized carbons (Fsp3) is 0.316. The smallest absolute Gasteiger partial charge is 0.254 e. The van der Waals surface area contributed by atoms with Gasteiger partial charge in [-0.3, -0.25) is 9.59 Å². The Labute approximate surface area is 272 Å². The van der Waals surface area contributed by atoms with Crippen molar-refractivity contribution in [1.29, 1.82) is 0 Å². The maximum atomic E-state index is 14.1. The standard InChI is InChI=1S/C38H45N5O3/c1-4-30-25-42(38(45)32-16-10-26(3)22-33(32)28-13-11-27(24-40)12-14-28)20-21-43(30)35-17-15-29(23-34(35)37(44)41-19-18-39)31-8-6-7-9-36(31)46-5-2/h6-17,22-23,30H,4-5,18-21,24-25,39-40H2,1-3H3,(H,41,44)/t30-/m1/s1. The molecule has 0 bridgehead atoms. The highest BCUT2D eigenvalue weighted by molar-refractivity contribution is 6.02. The lowest BCUT2D eigenvalue weighted by Crippen LogP contribution is -2.55. The zero-order chi connectivity index (χ0) is 32.6. The lowest BCUT2D eigenvalue weighted by Gasteiger charge is -2.43. The number of anilines is 1. The van der Waals surface area contributed by atoms with Crippen molar-refractivity contribution in [1.82, 2.24) is 10.2 Å². The summed E-state index contributed by atoms with van der Waals surface area (Å²) in [5, 5.41) is 2.97. The monoisotopic (exact) mass is 619 g/mol. The van der Waals surface area contributed by atoms with Gasteiger partial charge in [0.1, 0.15) is 5.75 Å². The summed E-state index contributed by atoms with van der Waals surface area (Å²) in [6.45, 7) is 9.56. The number of hydrogen-bond donors (Lipinski definition) is 3. The molecule has 5 rings (SSSR count). The third kappa shape index (κ3) is 7.09. The normalized spacial score (nSPS) is 14.7. The number of ether oxygens (including phenoxy) is 1. The maximum absolute atomic E-state index is 14.1. The van der Waals surface area contributed by atoms with E-state index >= 15 is 0 Å². The van der Waals surface area contributed by atoms with Crippen molar-refractivity contribution in [2.75, 3.05) is 44.2 Å². The fourth-order valence-electron chi connectivity index (χ4n) is 6.18. The number of nitrogens with one attached hydrogen (secondary N) is 1. The first-order valence-corrected chi connectivity index (χ1v) is 16.2. The van der Waals surface area contributed by atoms with Gasteiger partial charge in [0.05, 0.1) is 12.2 Å². The number of piperazine rings is 1. The van der Waals surface area contributed by atoms with Crippen LogP contribution in [0.4, 0.5) is 5.69 Å². The Hall–Kier alpha value is -4.66. The molecule has 0 saturated carbocycles. The predicted octanol–water partition coefficient (Wildman–Crippen LogP) is 5.62. The molecular weight excluding hydrogens is 574 g/mol. The first-order valence-electron chi connectivity index (χ1n) is 16.2. The van der Waals surface area contributed by atoms with Crippen LogP contribution in [0.15, 0.2) is 84.9 Å². The van der Waals surface area contributed by atoms with Gasteiger partial charge in [0, 0.05) is 62.1 Å². The second kappa shape index (κ2) is 15.1. The zero-order valence-corrected chi connectivity index (χ0v) is 27.1. The molecule has 4 aromatic carbocycles. The van der Waals surface area contributed by atoms with Crippen LogP contribution < -0.4 is 26.4 Å². The third-order valence-corrected chi connectivity index (χ3v) is 8.63. The van der Waals surface area contributed by atoms with E-state index in [9.17, 15) is 9.59 Å². The van der Waals surface area contributed by atoms with Crippen LogP contribution in [0.25, 0.3) is 22.3 Å². The summed E-state index contributed by atoms with van der Waals surface area (Å²) in [4.78, 5) is 31.9. The highest BCUT2D eigenvalue weighted by Crippen LogP contribution is 2.35. The molecule has 1 aliphatic rings. The van der Waals surface area contributed by atoms with Crippen molar-refractivity contribution in [3.8, 4) is 28.0 Å². The van der Waals surface area contributed by atoms with Crippen LogP contribution in [0.5, 0.6) is 5.75 Å². The second-order valence-electron chi connectivity index (χ2n) is 11.7. The van der Waals surface area contributed by atoms with Crippen LogP contribution in [-0.2, 0) is 6.54 Å². The Balaban J connectivity index is 1.45. The molecule has 8 heteroatoms. The molecule has 240 valence electrons. The maximum Gasteiger partial charge on any atom is 0.254 e. The molecule has 0 unspecified atom stereocenters. The van der Waals surface area contributed by atoms with Gasteiger partial charge in [-0.2, -0.15) is 0 Å². The van der Waals surface area contributed by atoms with Crippen molar-refractivity contribution in [3.63, 3.8) is 0 Å². The van der Waals surface area contributed by atoms with Crippen LogP contribution in [0.3, 0.4) is 0 Å². The number of amides is 2. The average Bonchev–Trinajstić information content (AvgIpc) is 3.10. The van der Waals surface area contributed by atoms with Crippen LogP contribution in [-0.4, -0.2) is 62.1 Å². The van der Waals surface area contributed by atoms with Gasteiger partial charge in [-0.25, -0.2) is 0 Å². The fourth-order valence-corrected chi connectivity index (χ4v) is 6.18. The Morgan fingerprint density at radius 3 is 2.35 bits per heavy atom. The average molecular weight is 620 g/mol. The lowest BCUT2D eigenvalue weighted by atomic mass is 9.95. The molecule has 0 aliphatic carbocycles. The quantitative estimate of drug-likeness (QED) is 0.201. The van der Waals surface area contributed by atoms with E-state index in [1.54, 1.807) is 0 Å². The van der Waals surface area contributed by atoms with Crippen LogP contribution >= 0.6 is 0 Å². The third-order valence-electron chi connectivity index (χ3n) is 8.63. The molecular formula is C38H45N5O3. The molecule has 1 heterocycles. The van der Waals surface area contributed by atoms with Crippen molar-refractivity contribution < 1.29 is 14.3 Å². The van der Waals surface area contributed by atoms with Crippen LogP contribution in [0.1, 0.15) is 52.1 Å². The number of nitrogens with zero attached hydrogens (tertiary/aromatic N) is 2. The molecule has 1 aliphatic heterocycles. The van der Waals surface area contributed by atoms with Crippen molar-refractivity contribution in [3.05, 3.63) is 107 Å². The molecule has 0 radical (unpaired) electrons. The minimum absolute atomic E-state index is 0.0137. The molecule has 1 saturated heterocycles. The summed E-state index contributed by atoms with van der Waals surface area (Å²) in [6.07, 6.45) is 0.809. The summed E-state index contributed by atoms with van der Waals surface area (Å²) in [5.41, 5.74) is 19.6. The Morgan fingerprint density at radius 1 is 0.870 bits per heavy atom. The molecule has 1 atom stereocenters. The van der Waals surface area contributed by atoms with Gasteiger partial charge in [0.25, 0.3) is 11.8 Å². The van der Waals surface area contributed by atoms with Gasteiger partial charge in [0.2, 0.25) is 0 Å². The Kier molecular flexibility index (Phi) is 10.7. The summed E-state index contributed by atoms with van der Waals surface area (Å²) in [6, 6.07) is 28.0. The van der Waals surface area contributed by atoms with E-state index in [0.29, 0.717) is 57.0 Å². The van der Waals surface area contributed by atoms with E-state index in [0.717, 1.165) is 51.2 Å². The topological polar surface area (TPSA) is 114 Å². The van der Waals surface area contributed by atoms with Crippen molar-refractivity contribution in [2.24, 2.45) is 11.5 Å². The van der Waals surface area contributed by atoms with E-state index in [1.807, 2.05) is 97.6 Å². The highest BCUT2D eigenvalue weighted by Gasteiger charge is 2.32. The van der Waals surface area contributed by atoms with Gasteiger partial charge in [-0.1, -0.05) is 73.2 Å². The highest BCUT2D eigenvalue weighted by atomic mass is 16.5. The van der Waals surface area contributed by atoms with E-state index in [-0.39, 0.29) is 17.9 Å². The number of rotatable bonds is 11. The van der Waals surface area contributed by atoms with Crippen LogP contribution in [0, 0.1) is 6.92 Å². The number of hydrogen-bond acceptors (Lipinski definition) is 6. The van der Waals surface area contributed by atoms with E-state index < -0.39 is 0 Å². The van der Waals surface area contributed by atoms with E-state index in [4.69, 9.17) is 16.2 Å². The molecule has 0 aromatic heterocycles. The van der Waals surface area contributed by atoms with E-state index in [1.165, 1.54) is 0 Å². The Morgan fingerprint density at radius 2 is 1.63 bits per heavy atom. The van der Waals surface area contributed by atoms with Gasteiger partial charge in [-0.15, -0.1) is 0 Å². The molecule has 46 heavy (non-hydrogen) atoms. The van der Waals surface area contributed by atoms with Gasteiger partial charge in [0.15, 0.2) is 0 Å². The van der Waals surface area contributed by atoms with Crippen molar-refractivity contribution >= 4 is 17.5 Å². The van der Waals surface area contributed by atoms with Gasteiger partial charge in [-0.05, 0) is 66.8 Å². The zero-order valence-electron chi connectivity index (χ0n) is 27.1. The number of para-hydroxylation sites is 1. The van der Waals surface area contributed by atoms with Crippen molar-refractivity contribution in [2.45, 2.75) is 39.8 Å². The minimum Gasteiger partial charge on any atom is -0.493 e. The Bertz CT molecular complexity index is 1670. The van der Waals surface area contributed by atoms with Gasteiger partial charge < -0.3 is 31.3 Å². The van der Waals surface area contributed by atoms with Gasteiger partial charge >= 0.3 is 0 Å². The summed E-state index contributed by atoms with van der Waals surface area (Å²) in [7, 11) is 0. The number of aryl methyl sites for hydroxylation is 1. The van der Waals surface area contributed by atoms with Crippen LogP contribution in [0.2, 0.25) is 0 Å². The number of nitrogens with two attached hydrogens (primary N) is 2. The molecule has 8 nitrogen and oxygen atoms in total. The predicted molar refractivity (Wildman–Crippen MR) is 186 cm³/mol. The first kappa shape index (κ1) is 32.7. The number of carbonyl (C=O) groups is 2. The first-order chi connectivity index (χ1) is 22.4. The lowest BCUT2D eigenvalue weighted by molar-refractivity contribution is 0.0720. The molecule has 2 amide bonds. The molecule has 1 fully saturated rings. The molecule has 0 spiro atoms.